The van der Waals surface area contributed by atoms with E-state index in [2.05, 4.69) is 0 Å². The minimum Gasteiger partial charge on any atom is -2.00 e. The average molecular weight is 276 g/mol. The van der Waals surface area contributed by atoms with E-state index in [9.17, 15) is 0 Å². The van der Waals surface area contributed by atoms with Crippen LogP contribution in [0.15, 0.2) is 0 Å². The Hall–Kier alpha value is 0.374. The van der Waals surface area contributed by atoms with Gasteiger partial charge in [0.25, 0.3) is 0 Å². The van der Waals surface area contributed by atoms with Crippen molar-refractivity contribution < 1.29 is 67.7 Å². The van der Waals surface area contributed by atoms with E-state index in [1.165, 1.54) is 0 Å². The molecule has 0 fully saturated rings. The van der Waals surface area contributed by atoms with Crippen LogP contribution in [0.5, 0.6) is 0 Å². The van der Waals surface area contributed by atoms with Gasteiger partial charge in [0.15, 0.2) is 0 Å². The Labute approximate surface area is 88.6 Å². The molecule has 4 N–H and O–H groups in total. The summed E-state index contributed by atoms with van der Waals surface area (Å²) in [6.45, 7) is 0. The van der Waals surface area contributed by atoms with Crippen molar-refractivity contribution in [3.63, 3.8) is 0 Å². The first-order chi connectivity index (χ1) is 4.00. The second kappa shape index (κ2) is 10.5. The molecule has 0 atom stereocenters. The Kier molecular flexibility index (Phi) is 23.5. The van der Waals surface area contributed by atoms with Gasteiger partial charge in [0.2, 0.25) is 0 Å². The number of hydrogen-bond acceptors (Lipinski definition) is 4. The Morgan fingerprint density at radius 3 is 0.615 bits per heavy atom. The SMILES string of the molecule is O=S(=O)(O)O.O=S(=O)(O)O.[O-2].[O-2].[Ti+4]. The molecule has 0 aromatic carbocycles. The van der Waals surface area contributed by atoms with Gasteiger partial charge in [-0.2, -0.15) is 16.8 Å². The Morgan fingerprint density at radius 1 is 0.615 bits per heavy atom. The van der Waals surface area contributed by atoms with E-state index in [4.69, 9.17) is 35.0 Å². The predicted molar refractivity (Wildman–Crippen MR) is 29.7 cm³/mol. The van der Waals surface area contributed by atoms with E-state index in [0.29, 0.717) is 0 Å². The topological polar surface area (TPSA) is 206 Å². The molecule has 0 unspecified atom stereocenters. The third kappa shape index (κ3) is 9510. The molecule has 0 aliphatic rings. The summed E-state index contributed by atoms with van der Waals surface area (Å²) in [4.78, 5) is 0. The van der Waals surface area contributed by atoms with Crippen LogP contribution in [0.3, 0.4) is 0 Å². The van der Waals surface area contributed by atoms with Crippen LogP contribution in [0.25, 0.3) is 0 Å². The van der Waals surface area contributed by atoms with Crippen LogP contribution in [-0.2, 0) is 53.5 Å². The second-order valence-corrected chi connectivity index (χ2v) is 2.69. The van der Waals surface area contributed by atoms with Crippen LogP contribution in [0.1, 0.15) is 0 Å². The molecule has 10 nitrogen and oxygen atoms in total. The molecule has 0 aromatic heterocycles. The van der Waals surface area contributed by atoms with Crippen LogP contribution < -0.4 is 0 Å². The van der Waals surface area contributed by atoms with Crippen LogP contribution in [0, 0.1) is 0 Å². The summed E-state index contributed by atoms with van der Waals surface area (Å²) in [5.41, 5.74) is 0. The molecule has 0 saturated heterocycles. The largest absolute Gasteiger partial charge is 4.00 e. The molecule has 0 aliphatic heterocycles. The van der Waals surface area contributed by atoms with E-state index in [1.807, 2.05) is 0 Å². The van der Waals surface area contributed by atoms with Gasteiger partial charge in [-0.1, -0.05) is 0 Å². The zero-order chi connectivity index (χ0) is 9.00. The van der Waals surface area contributed by atoms with Crippen molar-refractivity contribution in [1.29, 1.82) is 0 Å². The van der Waals surface area contributed by atoms with Crippen LogP contribution >= 0.6 is 0 Å². The molecule has 13 heavy (non-hydrogen) atoms. The van der Waals surface area contributed by atoms with Crippen LogP contribution in [-0.4, -0.2) is 35.0 Å². The van der Waals surface area contributed by atoms with Gasteiger partial charge in [0.05, 0.1) is 0 Å². The van der Waals surface area contributed by atoms with E-state index in [-0.39, 0.29) is 32.7 Å². The van der Waals surface area contributed by atoms with Gasteiger partial charge in [-0.05, 0) is 0 Å². The fourth-order valence-corrected chi connectivity index (χ4v) is 0. The normalized spacial score (nSPS) is 8.92. The molecule has 0 amide bonds. The summed E-state index contributed by atoms with van der Waals surface area (Å²) >= 11 is 0. The van der Waals surface area contributed by atoms with Gasteiger partial charge in [-0.25, -0.2) is 0 Å². The maximum atomic E-state index is 8.74. The van der Waals surface area contributed by atoms with Crippen molar-refractivity contribution in [2.75, 3.05) is 0 Å². The molecule has 0 aliphatic carbocycles. The zero-order valence-corrected chi connectivity index (χ0v) is 8.75. The van der Waals surface area contributed by atoms with Gasteiger partial charge in [-0.3, -0.25) is 18.2 Å². The minimum absolute atomic E-state index is 0. The number of rotatable bonds is 0. The molecule has 80 valence electrons. The molecule has 0 saturated carbocycles. The molecule has 0 radical (unpaired) electrons. The monoisotopic (exact) mass is 276 g/mol. The Morgan fingerprint density at radius 2 is 0.615 bits per heavy atom. The fraction of sp³-hybridized carbons (Fsp3) is 0. The molecular formula is H4O10S2Ti. The van der Waals surface area contributed by atoms with E-state index < -0.39 is 20.8 Å². The van der Waals surface area contributed by atoms with Crippen molar-refractivity contribution in [2.45, 2.75) is 0 Å². The van der Waals surface area contributed by atoms with Gasteiger partial charge < -0.3 is 11.0 Å². The third-order valence-electron chi connectivity index (χ3n) is 0. The summed E-state index contributed by atoms with van der Waals surface area (Å²) in [6.07, 6.45) is 0. The van der Waals surface area contributed by atoms with Crippen LogP contribution in [0.4, 0.5) is 0 Å². The fourth-order valence-electron chi connectivity index (χ4n) is 0. The smallest absolute Gasteiger partial charge is 2.00 e. The van der Waals surface area contributed by atoms with Crippen molar-refractivity contribution in [2.24, 2.45) is 0 Å². The van der Waals surface area contributed by atoms with Crippen molar-refractivity contribution in [3.8, 4) is 0 Å². The van der Waals surface area contributed by atoms with Crippen LogP contribution in [0.2, 0.25) is 0 Å². The summed E-state index contributed by atoms with van der Waals surface area (Å²) in [5.74, 6) is 0. The summed E-state index contributed by atoms with van der Waals surface area (Å²) in [5, 5.41) is 0. The maximum absolute atomic E-state index is 8.74. The first-order valence-electron chi connectivity index (χ1n) is 1.40. The molecule has 13 heteroatoms. The quantitative estimate of drug-likeness (QED) is 0.300. The summed E-state index contributed by atoms with van der Waals surface area (Å²) in [7, 11) is -9.33. The third-order valence-corrected chi connectivity index (χ3v) is 0. The molecule has 0 aromatic rings. The molecule has 0 rings (SSSR count). The van der Waals surface area contributed by atoms with Crippen molar-refractivity contribution >= 4 is 20.8 Å². The molecule has 0 bridgehead atoms. The van der Waals surface area contributed by atoms with Gasteiger partial charge in [-0.15, -0.1) is 0 Å². The van der Waals surface area contributed by atoms with E-state index in [1.54, 1.807) is 0 Å². The predicted octanol–water partition coefficient (Wildman–Crippen LogP) is -1.55. The summed E-state index contributed by atoms with van der Waals surface area (Å²) in [6, 6.07) is 0. The minimum atomic E-state index is -4.67. The first kappa shape index (κ1) is 29.2. The Bertz CT molecular complexity index is 209. The number of hydrogen-bond donors (Lipinski definition) is 4. The molecule has 0 spiro atoms. The van der Waals surface area contributed by atoms with Crippen molar-refractivity contribution in [3.05, 3.63) is 0 Å². The molecular weight excluding hydrogens is 272 g/mol. The van der Waals surface area contributed by atoms with E-state index in [0.717, 1.165) is 0 Å². The molecule has 0 heterocycles. The summed E-state index contributed by atoms with van der Waals surface area (Å²) < 4.78 is 63.2. The second-order valence-electron chi connectivity index (χ2n) is 0.896. The zero-order valence-electron chi connectivity index (χ0n) is 5.55. The maximum Gasteiger partial charge on any atom is 4.00 e. The van der Waals surface area contributed by atoms with E-state index >= 15 is 0 Å². The average Bonchev–Trinajstić information content (AvgIpc) is 1.12. The Balaban J connectivity index is -0.0000000267. The van der Waals surface area contributed by atoms with Gasteiger partial charge in [0.1, 0.15) is 0 Å². The first-order valence-corrected chi connectivity index (χ1v) is 4.19. The standard InChI is InChI=1S/2H2O4S.2O.Ti/c2*1-5(2,3)4;;;/h2*(H2,1,2,3,4);;;/q;;2*-2;+4. The van der Waals surface area contributed by atoms with Gasteiger partial charge >= 0.3 is 42.5 Å². The van der Waals surface area contributed by atoms with Crippen molar-refractivity contribution in [1.82, 2.24) is 0 Å². The van der Waals surface area contributed by atoms with Gasteiger partial charge in [0, 0.05) is 0 Å².